The third-order valence-corrected chi connectivity index (χ3v) is 5.47. The number of carbonyl (C=O) groups excluding carboxylic acids is 1. The summed E-state index contributed by atoms with van der Waals surface area (Å²) < 4.78 is 7.12. The fraction of sp³-hybridized carbons (Fsp3) is 0.286. The predicted octanol–water partition coefficient (Wildman–Crippen LogP) is 4.47. The summed E-state index contributed by atoms with van der Waals surface area (Å²) in [5.41, 5.74) is 2.69. The third kappa shape index (κ3) is 5.88. The van der Waals surface area contributed by atoms with Crippen LogP contribution in [0.2, 0.25) is 0 Å². The van der Waals surface area contributed by atoms with Crippen LogP contribution in [-0.4, -0.2) is 34.0 Å². The van der Waals surface area contributed by atoms with E-state index in [0.29, 0.717) is 28.8 Å². The fourth-order valence-corrected chi connectivity index (χ4v) is 4.09. The molecule has 0 unspecified atom stereocenters. The van der Waals surface area contributed by atoms with Gasteiger partial charge >= 0.3 is 5.97 Å². The smallest absolute Gasteiger partial charge is 0.341 e. The van der Waals surface area contributed by atoms with Crippen molar-refractivity contribution in [3.05, 3.63) is 59.9 Å². The molecule has 0 amide bonds. The second-order valence-electron chi connectivity index (χ2n) is 6.46. The first-order valence-corrected chi connectivity index (χ1v) is 10.7. The molecule has 6 nitrogen and oxygen atoms in total. The van der Waals surface area contributed by atoms with Gasteiger partial charge in [0.2, 0.25) is 0 Å². The highest BCUT2D eigenvalue weighted by Crippen LogP contribution is 2.35. The SMILES string of the molecule is CCOC(=O)c1cc(-c2ccccc2)sc1NC(=S)NCCCn1cc(C)cn1. The minimum atomic E-state index is -0.356. The van der Waals surface area contributed by atoms with Crippen LogP contribution in [0.25, 0.3) is 10.4 Å². The molecule has 0 saturated heterocycles. The molecule has 2 aromatic heterocycles. The number of ether oxygens (including phenoxy) is 1. The Labute approximate surface area is 179 Å². The maximum atomic E-state index is 12.4. The number of thiocarbonyl (C=S) groups is 1. The number of esters is 1. The lowest BCUT2D eigenvalue weighted by atomic mass is 10.1. The van der Waals surface area contributed by atoms with Crippen LogP contribution in [0.15, 0.2) is 48.8 Å². The van der Waals surface area contributed by atoms with E-state index in [1.54, 1.807) is 6.92 Å². The molecule has 2 N–H and O–H groups in total. The van der Waals surface area contributed by atoms with Gasteiger partial charge in [0.25, 0.3) is 0 Å². The Balaban J connectivity index is 1.62. The predicted molar refractivity (Wildman–Crippen MR) is 122 cm³/mol. The Kier molecular flexibility index (Phi) is 7.37. The highest BCUT2D eigenvalue weighted by Gasteiger charge is 2.19. The maximum Gasteiger partial charge on any atom is 0.341 e. The molecule has 0 aliphatic carbocycles. The summed E-state index contributed by atoms with van der Waals surface area (Å²) in [6.07, 6.45) is 4.74. The van der Waals surface area contributed by atoms with Crippen molar-refractivity contribution >= 4 is 39.6 Å². The number of hydrogen-bond acceptors (Lipinski definition) is 5. The number of nitrogens with zero attached hydrogens (tertiary/aromatic N) is 2. The summed E-state index contributed by atoms with van der Waals surface area (Å²) in [6.45, 7) is 5.66. The van der Waals surface area contributed by atoms with E-state index in [4.69, 9.17) is 17.0 Å². The molecule has 0 fully saturated rings. The van der Waals surface area contributed by atoms with E-state index in [1.165, 1.54) is 11.3 Å². The van der Waals surface area contributed by atoms with E-state index in [9.17, 15) is 4.79 Å². The number of rotatable bonds is 8. The van der Waals surface area contributed by atoms with E-state index in [0.717, 1.165) is 29.0 Å². The molecule has 0 spiro atoms. The highest BCUT2D eigenvalue weighted by molar-refractivity contribution is 7.80. The van der Waals surface area contributed by atoms with Gasteiger partial charge in [-0.1, -0.05) is 30.3 Å². The van der Waals surface area contributed by atoms with E-state index >= 15 is 0 Å². The van der Waals surface area contributed by atoms with Crippen molar-refractivity contribution in [3.8, 4) is 10.4 Å². The van der Waals surface area contributed by atoms with Crippen LogP contribution in [0.3, 0.4) is 0 Å². The van der Waals surface area contributed by atoms with Crippen molar-refractivity contribution in [2.45, 2.75) is 26.8 Å². The van der Waals surface area contributed by atoms with Gasteiger partial charge in [-0.2, -0.15) is 5.10 Å². The van der Waals surface area contributed by atoms with E-state index in [-0.39, 0.29) is 5.97 Å². The summed E-state index contributed by atoms with van der Waals surface area (Å²) in [5, 5.41) is 11.8. The first-order valence-electron chi connectivity index (χ1n) is 9.47. The molecular weight excluding hydrogens is 404 g/mol. The standard InChI is InChI=1S/C21H24N4O2S2/c1-3-27-20(26)17-12-18(16-8-5-4-6-9-16)29-19(17)24-21(28)22-10-7-11-25-14-15(2)13-23-25/h4-6,8-9,12-14H,3,7,10-11H2,1-2H3,(H2,22,24,28). The van der Waals surface area contributed by atoms with Gasteiger partial charge in [-0.3, -0.25) is 4.68 Å². The van der Waals surface area contributed by atoms with Crippen molar-refractivity contribution in [1.29, 1.82) is 0 Å². The van der Waals surface area contributed by atoms with Gasteiger partial charge in [-0.15, -0.1) is 11.3 Å². The highest BCUT2D eigenvalue weighted by atomic mass is 32.1. The summed E-state index contributed by atoms with van der Waals surface area (Å²) in [4.78, 5) is 13.4. The van der Waals surface area contributed by atoms with Gasteiger partial charge in [0.05, 0.1) is 18.4 Å². The minimum Gasteiger partial charge on any atom is -0.462 e. The Morgan fingerprint density at radius 3 is 2.79 bits per heavy atom. The van der Waals surface area contributed by atoms with Gasteiger partial charge in [0, 0.05) is 24.2 Å². The number of nitrogens with one attached hydrogen (secondary N) is 2. The molecule has 3 rings (SSSR count). The molecule has 0 atom stereocenters. The van der Waals surface area contributed by atoms with Gasteiger partial charge in [0.15, 0.2) is 5.11 Å². The first kappa shape index (κ1) is 21.0. The van der Waals surface area contributed by atoms with Gasteiger partial charge in [-0.05, 0) is 49.7 Å². The Hall–Kier alpha value is -2.71. The van der Waals surface area contributed by atoms with Crippen LogP contribution in [0.1, 0.15) is 29.3 Å². The summed E-state index contributed by atoms with van der Waals surface area (Å²) >= 11 is 6.90. The lowest BCUT2D eigenvalue weighted by Gasteiger charge is -2.10. The van der Waals surface area contributed by atoms with E-state index in [1.807, 2.05) is 60.4 Å². The zero-order valence-corrected chi connectivity index (χ0v) is 18.1. The van der Waals surface area contributed by atoms with Crippen molar-refractivity contribution in [1.82, 2.24) is 15.1 Å². The van der Waals surface area contributed by atoms with Crippen LogP contribution in [0.4, 0.5) is 5.00 Å². The zero-order valence-electron chi connectivity index (χ0n) is 16.5. The molecule has 152 valence electrons. The molecule has 8 heteroatoms. The Bertz CT molecular complexity index is 966. The number of hydrogen-bond donors (Lipinski definition) is 2. The number of thiophene rings is 1. The topological polar surface area (TPSA) is 68.2 Å². The number of anilines is 1. The largest absolute Gasteiger partial charge is 0.462 e. The molecule has 0 aliphatic heterocycles. The molecule has 0 radical (unpaired) electrons. The molecule has 0 bridgehead atoms. The van der Waals surface area contributed by atoms with Gasteiger partial charge in [0.1, 0.15) is 5.00 Å². The number of benzene rings is 1. The van der Waals surface area contributed by atoms with Crippen LogP contribution < -0.4 is 10.6 Å². The summed E-state index contributed by atoms with van der Waals surface area (Å²) in [6, 6.07) is 11.8. The summed E-state index contributed by atoms with van der Waals surface area (Å²) in [7, 11) is 0. The van der Waals surface area contributed by atoms with Gasteiger partial charge in [-0.25, -0.2) is 4.79 Å². The molecule has 1 aromatic carbocycles. The second-order valence-corrected chi connectivity index (χ2v) is 7.92. The molecular formula is C21H24N4O2S2. The van der Waals surface area contributed by atoms with E-state index < -0.39 is 0 Å². The first-order chi connectivity index (χ1) is 14.1. The molecule has 0 saturated carbocycles. The Morgan fingerprint density at radius 1 is 1.31 bits per heavy atom. The molecule has 0 aliphatic rings. The number of carbonyl (C=O) groups is 1. The maximum absolute atomic E-state index is 12.4. The second kappa shape index (κ2) is 10.2. The van der Waals surface area contributed by atoms with Crippen LogP contribution >= 0.6 is 23.6 Å². The summed E-state index contributed by atoms with van der Waals surface area (Å²) in [5.74, 6) is -0.356. The molecule has 29 heavy (non-hydrogen) atoms. The van der Waals surface area contributed by atoms with Crippen LogP contribution in [-0.2, 0) is 11.3 Å². The van der Waals surface area contributed by atoms with Gasteiger partial charge < -0.3 is 15.4 Å². The normalized spacial score (nSPS) is 10.6. The fourth-order valence-electron chi connectivity index (χ4n) is 2.77. The van der Waals surface area contributed by atoms with E-state index in [2.05, 4.69) is 15.7 Å². The molecule has 3 aromatic rings. The van der Waals surface area contributed by atoms with Crippen LogP contribution in [0, 0.1) is 6.92 Å². The minimum absolute atomic E-state index is 0.324. The number of aromatic nitrogens is 2. The van der Waals surface area contributed by atoms with Crippen molar-refractivity contribution in [2.24, 2.45) is 0 Å². The lowest BCUT2D eigenvalue weighted by Crippen LogP contribution is -2.30. The molecule has 2 heterocycles. The quantitative estimate of drug-likeness (QED) is 0.313. The zero-order chi connectivity index (χ0) is 20.6. The lowest BCUT2D eigenvalue weighted by molar-refractivity contribution is 0.0528. The third-order valence-electron chi connectivity index (χ3n) is 4.12. The van der Waals surface area contributed by atoms with Crippen molar-refractivity contribution in [3.63, 3.8) is 0 Å². The van der Waals surface area contributed by atoms with Crippen molar-refractivity contribution < 1.29 is 9.53 Å². The Morgan fingerprint density at radius 2 is 2.10 bits per heavy atom. The van der Waals surface area contributed by atoms with Crippen molar-refractivity contribution in [2.75, 3.05) is 18.5 Å². The average Bonchev–Trinajstić information content (AvgIpc) is 3.32. The van der Waals surface area contributed by atoms with Crippen LogP contribution in [0.5, 0.6) is 0 Å². The average molecular weight is 429 g/mol. The number of aryl methyl sites for hydroxylation is 2. The monoisotopic (exact) mass is 428 g/mol.